The first-order valence-electron chi connectivity index (χ1n) is 6.87. The second kappa shape index (κ2) is 7.24. The van der Waals surface area contributed by atoms with Crippen LogP contribution in [0.25, 0.3) is 0 Å². The van der Waals surface area contributed by atoms with E-state index in [0.29, 0.717) is 0 Å². The second-order valence-electron chi connectivity index (χ2n) is 5.33. The van der Waals surface area contributed by atoms with Gasteiger partial charge in [0, 0.05) is 43.6 Å². The van der Waals surface area contributed by atoms with E-state index in [9.17, 15) is 0 Å². The highest BCUT2D eigenvalue weighted by molar-refractivity contribution is 7.09. The van der Waals surface area contributed by atoms with E-state index in [1.807, 2.05) is 11.3 Å². The van der Waals surface area contributed by atoms with Crippen LogP contribution in [0.5, 0.6) is 0 Å². The van der Waals surface area contributed by atoms with Gasteiger partial charge < -0.3 is 10.2 Å². The highest BCUT2D eigenvalue weighted by atomic mass is 32.1. The van der Waals surface area contributed by atoms with Crippen molar-refractivity contribution in [1.29, 1.82) is 0 Å². The molecule has 1 saturated carbocycles. The van der Waals surface area contributed by atoms with Crippen LogP contribution in [-0.2, 0) is 6.54 Å². The Labute approximate surface area is 115 Å². The Bertz CT molecular complexity index is 320. The number of likely N-dealkylation sites (N-methyl/N-ethyl adjacent to an activating group) is 1. The van der Waals surface area contributed by atoms with E-state index in [0.717, 1.165) is 32.2 Å². The van der Waals surface area contributed by atoms with E-state index in [1.165, 1.54) is 24.3 Å². The molecule has 0 aromatic carbocycles. The van der Waals surface area contributed by atoms with Gasteiger partial charge in [-0.15, -0.1) is 11.3 Å². The van der Waals surface area contributed by atoms with Gasteiger partial charge in [0.2, 0.25) is 0 Å². The van der Waals surface area contributed by atoms with Crippen molar-refractivity contribution in [2.24, 2.45) is 0 Å². The zero-order valence-corrected chi connectivity index (χ0v) is 12.4. The van der Waals surface area contributed by atoms with Crippen LogP contribution in [0, 0.1) is 0 Å². The van der Waals surface area contributed by atoms with Crippen molar-refractivity contribution in [2.45, 2.75) is 25.4 Å². The van der Waals surface area contributed by atoms with Crippen molar-refractivity contribution in [2.75, 3.05) is 40.3 Å². The van der Waals surface area contributed by atoms with Crippen LogP contribution in [0.2, 0.25) is 0 Å². The van der Waals surface area contributed by atoms with Crippen molar-refractivity contribution >= 4 is 11.3 Å². The first-order valence-corrected chi connectivity index (χ1v) is 7.75. The average Bonchev–Trinajstić information content (AvgIpc) is 3.05. The normalized spacial score (nSPS) is 15.8. The molecule has 2 rings (SSSR count). The molecule has 3 nitrogen and oxygen atoms in total. The smallest absolute Gasteiger partial charge is 0.0331 e. The van der Waals surface area contributed by atoms with Crippen molar-refractivity contribution in [3.63, 3.8) is 0 Å². The zero-order chi connectivity index (χ0) is 12.8. The topological polar surface area (TPSA) is 18.5 Å². The summed E-state index contributed by atoms with van der Waals surface area (Å²) in [4.78, 5) is 6.35. The molecule has 1 aromatic rings. The monoisotopic (exact) mass is 267 g/mol. The first-order chi connectivity index (χ1) is 8.75. The molecule has 0 aliphatic heterocycles. The number of hydrogen-bond donors (Lipinski definition) is 1. The molecule has 0 atom stereocenters. The molecule has 0 spiro atoms. The largest absolute Gasteiger partial charge is 0.314 e. The fourth-order valence-corrected chi connectivity index (χ4v) is 2.81. The maximum atomic E-state index is 3.53. The Morgan fingerprint density at radius 2 is 2.06 bits per heavy atom. The molecule has 1 aliphatic carbocycles. The summed E-state index contributed by atoms with van der Waals surface area (Å²) in [6.45, 7) is 5.63. The molecule has 1 aliphatic rings. The Balaban J connectivity index is 1.64. The summed E-state index contributed by atoms with van der Waals surface area (Å²) in [7, 11) is 4.24. The molecular formula is C14H25N3S. The maximum Gasteiger partial charge on any atom is 0.0331 e. The van der Waals surface area contributed by atoms with Gasteiger partial charge in [-0.05, 0) is 38.4 Å². The molecule has 102 valence electrons. The Morgan fingerprint density at radius 1 is 1.28 bits per heavy atom. The number of rotatable bonds is 9. The van der Waals surface area contributed by atoms with Gasteiger partial charge in [0.25, 0.3) is 0 Å². The highest BCUT2D eigenvalue weighted by Crippen LogP contribution is 2.28. The van der Waals surface area contributed by atoms with Crippen molar-refractivity contribution in [3.05, 3.63) is 22.4 Å². The summed E-state index contributed by atoms with van der Waals surface area (Å²) in [6.07, 6.45) is 2.78. The average molecular weight is 267 g/mol. The second-order valence-corrected chi connectivity index (χ2v) is 6.37. The summed E-state index contributed by atoms with van der Waals surface area (Å²) in [5.41, 5.74) is 0. The van der Waals surface area contributed by atoms with Crippen molar-refractivity contribution < 1.29 is 0 Å². The number of hydrogen-bond acceptors (Lipinski definition) is 4. The molecule has 1 N–H and O–H groups in total. The lowest BCUT2D eigenvalue weighted by atomic mass is 10.4. The van der Waals surface area contributed by atoms with E-state index < -0.39 is 0 Å². The molecule has 18 heavy (non-hydrogen) atoms. The third kappa shape index (κ3) is 5.06. The standard InChI is InChI=1S/C14H25N3S/c1-16(2)9-7-15-8-10-17(13-5-6-13)12-14-4-3-11-18-14/h3-4,11,13,15H,5-10,12H2,1-2H3. The fraction of sp³-hybridized carbons (Fsp3) is 0.714. The molecule has 0 unspecified atom stereocenters. The van der Waals surface area contributed by atoms with Crippen LogP contribution in [0.4, 0.5) is 0 Å². The lowest BCUT2D eigenvalue weighted by Crippen LogP contribution is -2.35. The Morgan fingerprint density at radius 3 is 2.67 bits per heavy atom. The van der Waals surface area contributed by atoms with Crippen molar-refractivity contribution in [1.82, 2.24) is 15.1 Å². The van der Waals surface area contributed by atoms with Crippen LogP contribution in [0.3, 0.4) is 0 Å². The van der Waals surface area contributed by atoms with Crippen LogP contribution in [0.15, 0.2) is 17.5 Å². The number of thiophene rings is 1. The van der Waals surface area contributed by atoms with Gasteiger partial charge in [0.05, 0.1) is 0 Å². The molecule has 0 bridgehead atoms. The number of nitrogens with zero attached hydrogens (tertiary/aromatic N) is 2. The minimum Gasteiger partial charge on any atom is -0.314 e. The van der Waals surface area contributed by atoms with Crippen LogP contribution in [-0.4, -0.2) is 56.1 Å². The molecule has 1 fully saturated rings. The van der Waals surface area contributed by atoms with Gasteiger partial charge in [0.15, 0.2) is 0 Å². The molecule has 0 amide bonds. The van der Waals surface area contributed by atoms with E-state index in [-0.39, 0.29) is 0 Å². The predicted molar refractivity (Wildman–Crippen MR) is 79.2 cm³/mol. The molecule has 1 aromatic heterocycles. The van der Waals surface area contributed by atoms with Gasteiger partial charge in [-0.2, -0.15) is 0 Å². The number of nitrogens with one attached hydrogen (secondary N) is 1. The lowest BCUT2D eigenvalue weighted by molar-refractivity contribution is 0.255. The SMILES string of the molecule is CN(C)CCNCCN(Cc1cccs1)C1CC1. The van der Waals surface area contributed by atoms with E-state index in [4.69, 9.17) is 0 Å². The maximum absolute atomic E-state index is 3.53. The summed E-state index contributed by atoms with van der Waals surface area (Å²) < 4.78 is 0. The third-order valence-electron chi connectivity index (χ3n) is 3.31. The van der Waals surface area contributed by atoms with Gasteiger partial charge in [0.1, 0.15) is 0 Å². The zero-order valence-electron chi connectivity index (χ0n) is 11.6. The third-order valence-corrected chi connectivity index (χ3v) is 4.18. The van der Waals surface area contributed by atoms with Crippen molar-refractivity contribution in [3.8, 4) is 0 Å². The van der Waals surface area contributed by atoms with Crippen LogP contribution in [0.1, 0.15) is 17.7 Å². The molecular weight excluding hydrogens is 242 g/mol. The van der Waals surface area contributed by atoms with Gasteiger partial charge >= 0.3 is 0 Å². The lowest BCUT2D eigenvalue weighted by Gasteiger charge is -2.21. The molecule has 0 radical (unpaired) electrons. The van der Waals surface area contributed by atoms with E-state index >= 15 is 0 Å². The molecule has 0 saturated heterocycles. The minimum atomic E-state index is 0.850. The van der Waals surface area contributed by atoms with Crippen LogP contribution >= 0.6 is 11.3 Å². The summed E-state index contributed by atoms with van der Waals surface area (Å²) in [5, 5.41) is 5.71. The summed E-state index contributed by atoms with van der Waals surface area (Å²) in [6, 6.07) is 5.25. The Hall–Kier alpha value is -0.420. The summed E-state index contributed by atoms with van der Waals surface area (Å²) in [5.74, 6) is 0. The highest BCUT2D eigenvalue weighted by Gasteiger charge is 2.28. The van der Waals surface area contributed by atoms with E-state index in [2.05, 4.69) is 46.7 Å². The van der Waals surface area contributed by atoms with Gasteiger partial charge in [-0.3, -0.25) is 4.90 Å². The van der Waals surface area contributed by atoms with Gasteiger partial charge in [-0.1, -0.05) is 6.07 Å². The van der Waals surface area contributed by atoms with Crippen LogP contribution < -0.4 is 5.32 Å². The first kappa shape index (κ1) is 14.0. The fourth-order valence-electron chi connectivity index (χ4n) is 2.08. The predicted octanol–water partition coefficient (Wildman–Crippen LogP) is 1.86. The Kier molecular flexibility index (Phi) is 5.63. The quantitative estimate of drug-likeness (QED) is 0.689. The van der Waals surface area contributed by atoms with Gasteiger partial charge in [-0.25, -0.2) is 0 Å². The molecule has 4 heteroatoms. The minimum absolute atomic E-state index is 0.850. The van der Waals surface area contributed by atoms with E-state index in [1.54, 1.807) is 0 Å². The summed E-state index contributed by atoms with van der Waals surface area (Å²) >= 11 is 1.88. The molecule has 1 heterocycles.